The Morgan fingerprint density at radius 3 is 2.34 bits per heavy atom. The van der Waals surface area contributed by atoms with Crippen molar-refractivity contribution in [3.63, 3.8) is 0 Å². The van der Waals surface area contributed by atoms with Crippen LogP contribution in [-0.4, -0.2) is 89.9 Å². The van der Waals surface area contributed by atoms with Crippen LogP contribution in [-0.2, 0) is 30.3 Å². The average Bonchev–Trinajstić information content (AvgIpc) is 2.75. The monoisotopic (exact) mass is 470 g/mol. The molecule has 2 rings (SSSR count). The second-order valence-corrected chi connectivity index (χ2v) is 7.15. The van der Waals surface area contributed by atoms with E-state index in [1.807, 2.05) is 0 Å². The minimum Gasteiger partial charge on any atom is -0.480 e. The van der Waals surface area contributed by atoms with Crippen LogP contribution < -0.4 is 11.1 Å². The summed E-state index contributed by atoms with van der Waals surface area (Å²) in [5.74, 6) is -4.27. The lowest BCUT2D eigenvalue weighted by atomic mass is 9.94. The Balaban J connectivity index is 0.00000512. The second-order valence-electron chi connectivity index (χ2n) is 7.15. The highest BCUT2D eigenvalue weighted by Crippen LogP contribution is 2.25. The number of piperazine rings is 1. The van der Waals surface area contributed by atoms with Crippen molar-refractivity contribution in [3.8, 4) is 0 Å². The Bertz CT molecular complexity index is 877. The van der Waals surface area contributed by atoms with Gasteiger partial charge in [-0.3, -0.25) is 19.2 Å². The van der Waals surface area contributed by atoms with E-state index < -0.39 is 48.3 Å². The number of methoxy groups -OCH3 is 1. The van der Waals surface area contributed by atoms with Crippen LogP contribution in [0.4, 0.5) is 0 Å². The molecule has 0 bridgehead atoms. The molecule has 4 N–H and O–H groups in total. The molecule has 1 aromatic rings. The highest BCUT2D eigenvalue weighted by molar-refractivity contribution is 6.11. The summed E-state index contributed by atoms with van der Waals surface area (Å²) < 4.78 is 4.70. The van der Waals surface area contributed by atoms with Gasteiger partial charge in [0.05, 0.1) is 13.7 Å². The summed E-state index contributed by atoms with van der Waals surface area (Å²) in [5, 5.41) is 11.5. The van der Waals surface area contributed by atoms with E-state index >= 15 is 0 Å². The number of carboxylic acid groups (broad SMARTS) is 1. The van der Waals surface area contributed by atoms with Gasteiger partial charge in [-0.15, -0.1) is 12.4 Å². The zero-order valence-electron chi connectivity index (χ0n) is 17.8. The molecule has 1 aliphatic rings. The molecular formula is C20H27ClN4O7. The Labute approximate surface area is 191 Å². The lowest BCUT2D eigenvalue weighted by Crippen LogP contribution is -2.70. The molecule has 1 aromatic carbocycles. The Hall–Kier alpha value is -3.18. The number of nitrogens with zero attached hydrogens (tertiary/aromatic N) is 2. The van der Waals surface area contributed by atoms with E-state index in [1.54, 1.807) is 24.3 Å². The van der Waals surface area contributed by atoms with Gasteiger partial charge in [-0.25, -0.2) is 4.79 Å². The fourth-order valence-electron chi connectivity index (χ4n) is 3.40. The molecule has 3 amide bonds. The summed E-state index contributed by atoms with van der Waals surface area (Å²) >= 11 is 0. The minimum atomic E-state index is -2.03. The van der Waals surface area contributed by atoms with Gasteiger partial charge in [0.1, 0.15) is 6.54 Å². The topological polar surface area (TPSA) is 159 Å². The van der Waals surface area contributed by atoms with E-state index in [0.717, 1.165) is 22.5 Å². The number of hydrogen-bond donors (Lipinski definition) is 3. The van der Waals surface area contributed by atoms with E-state index in [2.05, 4.69) is 5.32 Å². The second kappa shape index (κ2) is 11.4. The molecule has 0 saturated carbocycles. The summed E-state index contributed by atoms with van der Waals surface area (Å²) in [4.78, 5) is 63.3. The SMILES string of the molecule is COC(=O)[C@]1(C)C(=O)N(CC(=O)O)CCN1C(=O)CNC(=O)c1ccc(CCN)cc1.Cl. The number of ether oxygens (including phenoxy) is 1. The maximum atomic E-state index is 12.8. The van der Waals surface area contributed by atoms with Crippen LogP contribution in [0.5, 0.6) is 0 Å². The van der Waals surface area contributed by atoms with Gasteiger partial charge < -0.3 is 30.7 Å². The number of carbonyl (C=O) groups is 5. The number of hydrogen-bond acceptors (Lipinski definition) is 7. The predicted octanol–water partition coefficient (Wildman–Crippen LogP) is -0.973. The highest BCUT2D eigenvalue weighted by Gasteiger charge is 2.54. The number of nitrogens with two attached hydrogens (primary N) is 1. The van der Waals surface area contributed by atoms with E-state index in [0.29, 0.717) is 18.5 Å². The summed E-state index contributed by atoms with van der Waals surface area (Å²) in [7, 11) is 1.07. The van der Waals surface area contributed by atoms with Crippen LogP contribution in [0.15, 0.2) is 24.3 Å². The number of benzene rings is 1. The number of halogens is 1. The molecule has 1 saturated heterocycles. The summed E-state index contributed by atoms with van der Waals surface area (Å²) in [5.41, 5.74) is 4.77. The first-order valence-electron chi connectivity index (χ1n) is 9.62. The molecule has 176 valence electrons. The number of rotatable bonds is 8. The quantitative estimate of drug-likeness (QED) is 0.323. The van der Waals surface area contributed by atoms with Gasteiger partial charge in [0.2, 0.25) is 11.4 Å². The van der Waals surface area contributed by atoms with E-state index in [1.165, 1.54) is 6.92 Å². The fourth-order valence-corrected chi connectivity index (χ4v) is 3.40. The lowest BCUT2D eigenvalue weighted by Gasteiger charge is -2.45. The standard InChI is InChI=1S/C20H26N4O7.ClH/c1-20(19(30)31-2)18(29)23(12-16(26)27)9-10-24(20)15(25)11-22-17(28)14-5-3-13(4-6-14)7-8-21;/h3-6H,7-12,21H2,1-2H3,(H,22,28)(H,26,27);1H/t20-;/m0./s1. The summed E-state index contributed by atoms with van der Waals surface area (Å²) in [6.45, 7) is 0.460. The molecule has 1 atom stereocenters. The third-order valence-electron chi connectivity index (χ3n) is 5.10. The van der Waals surface area contributed by atoms with Crippen LogP contribution >= 0.6 is 12.4 Å². The third-order valence-corrected chi connectivity index (χ3v) is 5.10. The van der Waals surface area contributed by atoms with Crippen molar-refractivity contribution in [1.29, 1.82) is 0 Å². The van der Waals surface area contributed by atoms with Gasteiger partial charge in [0, 0.05) is 18.7 Å². The van der Waals surface area contributed by atoms with Gasteiger partial charge in [0.25, 0.3) is 11.8 Å². The number of nitrogens with one attached hydrogen (secondary N) is 1. The molecule has 1 fully saturated rings. The molecule has 1 heterocycles. The fraction of sp³-hybridized carbons (Fsp3) is 0.450. The Morgan fingerprint density at radius 2 is 1.81 bits per heavy atom. The largest absolute Gasteiger partial charge is 0.480 e. The highest BCUT2D eigenvalue weighted by atomic mass is 35.5. The van der Waals surface area contributed by atoms with Gasteiger partial charge in [-0.05, 0) is 37.6 Å². The first-order chi connectivity index (χ1) is 14.6. The van der Waals surface area contributed by atoms with Crippen molar-refractivity contribution in [2.75, 3.05) is 39.8 Å². The molecule has 0 aromatic heterocycles. The van der Waals surface area contributed by atoms with Gasteiger partial charge in [-0.1, -0.05) is 12.1 Å². The van der Waals surface area contributed by atoms with Crippen LogP contribution in [0.1, 0.15) is 22.8 Å². The molecule has 12 heteroatoms. The van der Waals surface area contributed by atoms with Crippen molar-refractivity contribution >= 4 is 42.1 Å². The normalized spacial score (nSPS) is 17.9. The predicted molar refractivity (Wildman–Crippen MR) is 115 cm³/mol. The smallest absolute Gasteiger partial charge is 0.341 e. The van der Waals surface area contributed by atoms with Crippen LogP contribution in [0, 0.1) is 0 Å². The first kappa shape index (κ1) is 26.9. The molecule has 0 spiro atoms. The van der Waals surface area contributed by atoms with Crippen molar-refractivity contribution in [2.45, 2.75) is 18.9 Å². The van der Waals surface area contributed by atoms with E-state index in [9.17, 15) is 24.0 Å². The van der Waals surface area contributed by atoms with Crippen molar-refractivity contribution in [3.05, 3.63) is 35.4 Å². The van der Waals surface area contributed by atoms with Gasteiger partial charge in [-0.2, -0.15) is 0 Å². The molecular weight excluding hydrogens is 444 g/mol. The van der Waals surface area contributed by atoms with Crippen molar-refractivity contribution < 1.29 is 33.8 Å². The average molecular weight is 471 g/mol. The third kappa shape index (κ3) is 5.74. The molecule has 11 nitrogen and oxygen atoms in total. The molecule has 0 aliphatic carbocycles. The van der Waals surface area contributed by atoms with Crippen molar-refractivity contribution in [1.82, 2.24) is 15.1 Å². The summed E-state index contributed by atoms with van der Waals surface area (Å²) in [6, 6.07) is 6.74. The number of esters is 1. The zero-order chi connectivity index (χ0) is 23.2. The zero-order valence-corrected chi connectivity index (χ0v) is 18.6. The maximum absolute atomic E-state index is 12.8. The molecule has 32 heavy (non-hydrogen) atoms. The van der Waals surface area contributed by atoms with Gasteiger partial charge in [0.15, 0.2) is 0 Å². The maximum Gasteiger partial charge on any atom is 0.341 e. The number of carbonyl (C=O) groups excluding carboxylic acids is 4. The van der Waals surface area contributed by atoms with Crippen molar-refractivity contribution in [2.24, 2.45) is 5.73 Å². The van der Waals surface area contributed by atoms with E-state index in [-0.39, 0.29) is 25.5 Å². The lowest BCUT2D eigenvalue weighted by molar-refractivity contribution is -0.176. The molecule has 1 aliphatic heterocycles. The Kier molecular flexibility index (Phi) is 9.60. The summed E-state index contributed by atoms with van der Waals surface area (Å²) in [6.07, 6.45) is 0.675. The van der Waals surface area contributed by atoms with Crippen LogP contribution in [0.2, 0.25) is 0 Å². The van der Waals surface area contributed by atoms with Gasteiger partial charge >= 0.3 is 11.9 Å². The van der Waals surface area contributed by atoms with E-state index in [4.69, 9.17) is 15.6 Å². The van der Waals surface area contributed by atoms with Crippen LogP contribution in [0.3, 0.4) is 0 Å². The molecule has 0 unspecified atom stereocenters. The number of amides is 3. The van der Waals surface area contributed by atoms with Crippen LogP contribution in [0.25, 0.3) is 0 Å². The number of carboxylic acids is 1. The first-order valence-corrected chi connectivity index (χ1v) is 9.62. The Morgan fingerprint density at radius 1 is 1.19 bits per heavy atom. The molecule has 0 radical (unpaired) electrons. The minimum absolute atomic E-state index is 0. The number of aliphatic carboxylic acids is 1.